The molecule has 0 radical (unpaired) electrons. The number of amides is 1. The Bertz CT molecular complexity index is 471. The lowest BCUT2D eigenvalue weighted by Gasteiger charge is -2.22. The third-order valence-electron chi connectivity index (χ3n) is 3.61. The molecule has 0 aliphatic carbocycles. The lowest BCUT2D eigenvalue weighted by molar-refractivity contribution is -0.120. The van der Waals surface area contributed by atoms with Crippen LogP contribution in [0.2, 0.25) is 0 Å². The topological polar surface area (TPSA) is 59.6 Å². The van der Waals surface area contributed by atoms with Gasteiger partial charge in [-0.25, -0.2) is 0 Å². The van der Waals surface area contributed by atoms with Gasteiger partial charge in [0.05, 0.1) is 18.2 Å². The fraction of sp³-hybridized carbons (Fsp3) is 0.562. The van der Waals surface area contributed by atoms with Crippen molar-refractivity contribution in [1.82, 2.24) is 5.32 Å². The zero-order valence-electron chi connectivity index (χ0n) is 12.8. The summed E-state index contributed by atoms with van der Waals surface area (Å²) in [6, 6.07) is 5.80. The molecule has 1 aromatic rings. The average molecular weight is 292 g/mol. The second kappa shape index (κ2) is 8.00. The highest BCUT2D eigenvalue weighted by molar-refractivity contribution is 5.94. The van der Waals surface area contributed by atoms with Gasteiger partial charge in [0, 0.05) is 13.7 Å². The molecule has 0 unspecified atom stereocenters. The standard InChI is InChI=1S/C16H24N2O3/c1-12-5-6-14(15(10-12)21-9-8-20-2)18-16(19)13-4-3-7-17-11-13/h5-6,10,13,17H,3-4,7-9,11H2,1-2H3,(H,18,19)/t13-/m0/s1. The molecule has 1 heterocycles. The van der Waals surface area contributed by atoms with E-state index in [0.717, 1.165) is 37.2 Å². The molecule has 1 saturated heterocycles. The molecule has 0 bridgehead atoms. The molecule has 21 heavy (non-hydrogen) atoms. The van der Waals surface area contributed by atoms with Gasteiger partial charge in [0.2, 0.25) is 5.91 Å². The SMILES string of the molecule is COCCOc1cc(C)ccc1NC(=O)[C@H]1CCCNC1. The highest BCUT2D eigenvalue weighted by Crippen LogP contribution is 2.26. The van der Waals surface area contributed by atoms with Gasteiger partial charge in [-0.05, 0) is 44.0 Å². The predicted octanol–water partition coefficient (Wildman–Crippen LogP) is 1.96. The third-order valence-corrected chi connectivity index (χ3v) is 3.61. The van der Waals surface area contributed by atoms with Crippen molar-refractivity contribution in [3.05, 3.63) is 23.8 Å². The van der Waals surface area contributed by atoms with Gasteiger partial charge in [-0.1, -0.05) is 6.07 Å². The zero-order valence-corrected chi connectivity index (χ0v) is 12.8. The Morgan fingerprint density at radius 1 is 1.43 bits per heavy atom. The van der Waals surface area contributed by atoms with E-state index >= 15 is 0 Å². The largest absolute Gasteiger partial charge is 0.489 e. The molecule has 5 nitrogen and oxygen atoms in total. The molecule has 1 aliphatic heterocycles. The maximum atomic E-state index is 12.3. The van der Waals surface area contributed by atoms with Crippen molar-refractivity contribution in [2.45, 2.75) is 19.8 Å². The molecule has 116 valence electrons. The Balaban J connectivity index is 2.01. The Hall–Kier alpha value is -1.59. The summed E-state index contributed by atoms with van der Waals surface area (Å²) < 4.78 is 10.7. The highest BCUT2D eigenvalue weighted by Gasteiger charge is 2.21. The van der Waals surface area contributed by atoms with Crippen LogP contribution in [-0.4, -0.2) is 39.3 Å². The summed E-state index contributed by atoms with van der Waals surface area (Å²) in [5.74, 6) is 0.790. The fourth-order valence-corrected chi connectivity index (χ4v) is 2.40. The number of carbonyl (C=O) groups excluding carboxylic acids is 1. The minimum Gasteiger partial charge on any atom is -0.489 e. The number of ether oxygens (including phenoxy) is 2. The molecule has 0 spiro atoms. The first-order valence-electron chi connectivity index (χ1n) is 7.44. The van der Waals surface area contributed by atoms with E-state index in [1.165, 1.54) is 0 Å². The van der Waals surface area contributed by atoms with Crippen molar-refractivity contribution < 1.29 is 14.3 Å². The molecule has 0 saturated carbocycles. The van der Waals surface area contributed by atoms with E-state index in [-0.39, 0.29) is 11.8 Å². The van der Waals surface area contributed by atoms with Crippen LogP contribution in [0.1, 0.15) is 18.4 Å². The van der Waals surface area contributed by atoms with Gasteiger partial charge in [-0.3, -0.25) is 4.79 Å². The number of nitrogens with one attached hydrogen (secondary N) is 2. The summed E-state index contributed by atoms with van der Waals surface area (Å²) in [6.45, 7) is 4.73. The summed E-state index contributed by atoms with van der Waals surface area (Å²) in [4.78, 5) is 12.3. The Morgan fingerprint density at radius 2 is 2.29 bits per heavy atom. The number of aryl methyl sites for hydroxylation is 1. The number of methoxy groups -OCH3 is 1. The summed E-state index contributed by atoms with van der Waals surface area (Å²) in [5, 5.41) is 6.25. The van der Waals surface area contributed by atoms with Crippen LogP contribution >= 0.6 is 0 Å². The first-order valence-corrected chi connectivity index (χ1v) is 7.44. The van der Waals surface area contributed by atoms with Crippen LogP contribution in [0.25, 0.3) is 0 Å². The molecule has 1 amide bonds. The van der Waals surface area contributed by atoms with Crippen LogP contribution in [0, 0.1) is 12.8 Å². The summed E-state index contributed by atoms with van der Waals surface area (Å²) >= 11 is 0. The van der Waals surface area contributed by atoms with Gasteiger partial charge in [-0.2, -0.15) is 0 Å². The van der Waals surface area contributed by atoms with Crippen LogP contribution in [0.5, 0.6) is 5.75 Å². The van der Waals surface area contributed by atoms with Gasteiger partial charge in [-0.15, -0.1) is 0 Å². The minimum absolute atomic E-state index is 0.0341. The number of anilines is 1. The van der Waals surface area contributed by atoms with E-state index in [1.54, 1.807) is 7.11 Å². The van der Waals surface area contributed by atoms with Gasteiger partial charge in [0.1, 0.15) is 12.4 Å². The van der Waals surface area contributed by atoms with Crippen molar-refractivity contribution in [2.75, 3.05) is 38.7 Å². The van der Waals surface area contributed by atoms with Gasteiger partial charge in [0.15, 0.2) is 0 Å². The normalized spacial score (nSPS) is 18.3. The number of hydrogen-bond donors (Lipinski definition) is 2. The Morgan fingerprint density at radius 3 is 3.00 bits per heavy atom. The van der Waals surface area contributed by atoms with E-state index in [0.29, 0.717) is 19.0 Å². The molecule has 5 heteroatoms. The highest BCUT2D eigenvalue weighted by atomic mass is 16.5. The molecule has 2 N–H and O–H groups in total. The van der Waals surface area contributed by atoms with Gasteiger partial charge in [0.25, 0.3) is 0 Å². The summed E-state index contributed by atoms with van der Waals surface area (Å²) in [7, 11) is 1.64. The molecule has 1 aliphatic rings. The lowest BCUT2D eigenvalue weighted by atomic mass is 9.98. The molecular weight excluding hydrogens is 268 g/mol. The van der Waals surface area contributed by atoms with Gasteiger partial charge >= 0.3 is 0 Å². The average Bonchev–Trinajstić information content (AvgIpc) is 2.51. The first-order chi connectivity index (χ1) is 10.2. The molecule has 1 atom stereocenters. The number of rotatable bonds is 6. The van der Waals surface area contributed by atoms with Crippen molar-refractivity contribution >= 4 is 11.6 Å². The van der Waals surface area contributed by atoms with E-state index in [1.807, 2.05) is 25.1 Å². The van der Waals surface area contributed by atoms with E-state index in [4.69, 9.17) is 9.47 Å². The van der Waals surface area contributed by atoms with Crippen LogP contribution in [0.4, 0.5) is 5.69 Å². The molecule has 2 rings (SSSR count). The van der Waals surface area contributed by atoms with Crippen molar-refractivity contribution in [1.29, 1.82) is 0 Å². The fourth-order valence-electron chi connectivity index (χ4n) is 2.40. The maximum absolute atomic E-state index is 12.3. The number of carbonyl (C=O) groups is 1. The van der Waals surface area contributed by atoms with E-state index in [2.05, 4.69) is 10.6 Å². The maximum Gasteiger partial charge on any atom is 0.228 e. The monoisotopic (exact) mass is 292 g/mol. The molecular formula is C16H24N2O3. The smallest absolute Gasteiger partial charge is 0.228 e. The lowest BCUT2D eigenvalue weighted by Crippen LogP contribution is -2.37. The second-order valence-electron chi connectivity index (χ2n) is 5.37. The van der Waals surface area contributed by atoms with Crippen molar-refractivity contribution in [3.8, 4) is 5.75 Å². The third kappa shape index (κ3) is 4.72. The molecule has 0 aromatic heterocycles. The molecule has 1 fully saturated rings. The van der Waals surface area contributed by atoms with Gasteiger partial charge < -0.3 is 20.1 Å². The van der Waals surface area contributed by atoms with Crippen LogP contribution < -0.4 is 15.4 Å². The van der Waals surface area contributed by atoms with Crippen LogP contribution in [0.3, 0.4) is 0 Å². The Kier molecular flexibility index (Phi) is 6.02. The van der Waals surface area contributed by atoms with Crippen molar-refractivity contribution in [3.63, 3.8) is 0 Å². The van der Waals surface area contributed by atoms with Crippen LogP contribution in [-0.2, 0) is 9.53 Å². The van der Waals surface area contributed by atoms with E-state index in [9.17, 15) is 4.79 Å². The van der Waals surface area contributed by atoms with Crippen molar-refractivity contribution in [2.24, 2.45) is 5.92 Å². The van der Waals surface area contributed by atoms with E-state index < -0.39 is 0 Å². The number of hydrogen-bond acceptors (Lipinski definition) is 4. The number of benzene rings is 1. The quantitative estimate of drug-likeness (QED) is 0.787. The molecule has 1 aromatic carbocycles. The second-order valence-corrected chi connectivity index (χ2v) is 5.37. The number of piperidine rings is 1. The summed E-state index contributed by atoms with van der Waals surface area (Å²) in [5.41, 5.74) is 1.83. The zero-order chi connectivity index (χ0) is 15.1. The predicted molar refractivity (Wildman–Crippen MR) is 82.8 cm³/mol. The minimum atomic E-state index is 0.0341. The van der Waals surface area contributed by atoms with Crippen LogP contribution in [0.15, 0.2) is 18.2 Å². The Labute approximate surface area is 126 Å². The first kappa shape index (κ1) is 15.8. The summed E-state index contributed by atoms with van der Waals surface area (Å²) in [6.07, 6.45) is 1.98.